The Bertz CT molecular complexity index is 540. The van der Waals surface area contributed by atoms with Crippen LogP contribution in [0.25, 0.3) is 11.1 Å². The van der Waals surface area contributed by atoms with Gasteiger partial charge in [-0.2, -0.15) is 0 Å². The van der Waals surface area contributed by atoms with E-state index in [0.29, 0.717) is 0 Å². The van der Waals surface area contributed by atoms with Crippen molar-refractivity contribution in [2.45, 2.75) is 26.0 Å². The second-order valence-electron chi connectivity index (χ2n) is 4.93. The first-order valence-electron chi connectivity index (χ1n) is 7.24. The largest absolute Gasteiger partial charge is 0.388 e. The van der Waals surface area contributed by atoms with Crippen molar-refractivity contribution in [3.63, 3.8) is 0 Å². The highest BCUT2D eigenvalue weighted by Crippen LogP contribution is 2.23. The highest BCUT2D eigenvalue weighted by Gasteiger charge is 2.07. The minimum atomic E-state index is -0.732. The fourth-order valence-corrected chi connectivity index (χ4v) is 2.12. The molecule has 0 spiro atoms. The summed E-state index contributed by atoms with van der Waals surface area (Å²) in [4.78, 5) is 4.42. The van der Waals surface area contributed by atoms with Gasteiger partial charge in [0.05, 0.1) is 18.5 Å². The molecule has 0 aliphatic heterocycles. The second-order valence-corrected chi connectivity index (χ2v) is 4.93. The van der Waals surface area contributed by atoms with Crippen LogP contribution in [0.2, 0.25) is 0 Å². The maximum Gasteiger partial charge on any atom is 0.0922 e. The number of pyridine rings is 1. The number of aliphatic hydroxyl groups is 1. The van der Waals surface area contributed by atoms with Gasteiger partial charge in [0.15, 0.2) is 0 Å². The molecule has 0 saturated heterocycles. The lowest BCUT2D eigenvalue weighted by Gasteiger charge is -2.10. The molecule has 21 heavy (non-hydrogen) atoms. The molecule has 2 aromatic rings. The molecule has 1 aromatic heterocycles. The van der Waals surface area contributed by atoms with Crippen molar-refractivity contribution in [1.82, 2.24) is 10.3 Å². The average Bonchev–Trinajstić information content (AvgIpc) is 2.54. The number of aromatic nitrogens is 1. The van der Waals surface area contributed by atoms with Gasteiger partial charge in [-0.1, -0.05) is 37.3 Å². The van der Waals surface area contributed by atoms with Gasteiger partial charge < -0.3 is 10.4 Å². The van der Waals surface area contributed by atoms with E-state index < -0.39 is 12.8 Å². The summed E-state index contributed by atoms with van der Waals surface area (Å²) in [5.74, 6) is 0. The second kappa shape index (κ2) is 7.86. The van der Waals surface area contributed by atoms with Gasteiger partial charge in [0, 0.05) is 24.7 Å². The van der Waals surface area contributed by atoms with Gasteiger partial charge in [0.25, 0.3) is 0 Å². The number of hydrogen-bond acceptors (Lipinski definition) is 3. The van der Waals surface area contributed by atoms with Gasteiger partial charge in [-0.25, -0.2) is 0 Å². The van der Waals surface area contributed by atoms with E-state index in [1.54, 1.807) is 0 Å². The zero-order valence-electron chi connectivity index (χ0n) is 12.2. The third kappa shape index (κ3) is 4.34. The van der Waals surface area contributed by atoms with Gasteiger partial charge in [0.1, 0.15) is 0 Å². The minimum Gasteiger partial charge on any atom is -0.388 e. The van der Waals surface area contributed by atoms with Crippen LogP contribution < -0.4 is 5.32 Å². The predicted molar refractivity (Wildman–Crippen MR) is 82.6 cm³/mol. The van der Waals surface area contributed by atoms with Crippen LogP contribution in [0, 0.1) is 0 Å². The van der Waals surface area contributed by atoms with E-state index in [4.69, 9.17) is 0 Å². The number of hydrogen-bond donors (Lipinski definition) is 2. The van der Waals surface area contributed by atoms with Crippen molar-refractivity contribution in [2.75, 3.05) is 13.2 Å². The van der Waals surface area contributed by atoms with Crippen LogP contribution in [0.4, 0.5) is 4.39 Å². The molecular weight excluding hydrogens is 267 g/mol. The Labute approximate surface area is 124 Å². The number of nitrogens with zero attached hydrogens (tertiary/aromatic N) is 1. The summed E-state index contributed by atoms with van der Waals surface area (Å²) in [6.07, 6.45) is 1.25. The molecule has 0 aliphatic carbocycles. The van der Waals surface area contributed by atoms with Crippen LogP contribution in [0.3, 0.4) is 0 Å². The highest BCUT2D eigenvalue weighted by molar-refractivity contribution is 5.62. The topological polar surface area (TPSA) is 45.1 Å². The summed E-state index contributed by atoms with van der Waals surface area (Å²) < 4.78 is 12.2. The molecule has 0 bridgehead atoms. The molecule has 0 saturated carbocycles. The molecule has 1 aromatic carbocycles. The van der Waals surface area contributed by atoms with Crippen LogP contribution >= 0.6 is 0 Å². The third-order valence-electron chi connectivity index (χ3n) is 3.39. The molecular formula is C17H21FN2O. The molecule has 2 N–H and O–H groups in total. The minimum absolute atomic E-state index is 0.139. The van der Waals surface area contributed by atoms with Crippen molar-refractivity contribution in [2.24, 2.45) is 0 Å². The summed E-state index contributed by atoms with van der Waals surface area (Å²) in [5, 5.41) is 13.0. The Kier molecular flexibility index (Phi) is 5.84. The highest BCUT2D eigenvalue weighted by atomic mass is 19.1. The number of halogens is 1. The van der Waals surface area contributed by atoms with Gasteiger partial charge in [0.2, 0.25) is 0 Å². The molecule has 0 aliphatic rings. The van der Waals surface area contributed by atoms with Crippen LogP contribution in [-0.2, 0) is 6.54 Å². The van der Waals surface area contributed by atoms with Crippen LogP contribution in [0.1, 0.15) is 30.7 Å². The number of benzene rings is 1. The van der Waals surface area contributed by atoms with Crippen molar-refractivity contribution in [3.8, 4) is 11.1 Å². The van der Waals surface area contributed by atoms with Crippen molar-refractivity contribution in [1.29, 1.82) is 0 Å². The van der Waals surface area contributed by atoms with Gasteiger partial charge in [-0.15, -0.1) is 0 Å². The summed E-state index contributed by atoms with van der Waals surface area (Å²) in [6.45, 7) is 3.24. The smallest absolute Gasteiger partial charge is 0.0922 e. The quantitative estimate of drug-likeness (QED) is 0.822. The van der Waals surface area contributed by atoms with Crippen molar-refractivity contribution in [3.05, 3.63) is 53.9 Å². The van der Waals surface area contributed by atoms with Gasteiger partial charge in [-0.05, 0) is 23.7 Å². The van der Waals surface area contributed by atoms with Crippen molar-refractivity contribution < 1.29 is 9.50 Å². The molecule has 1 atom stereocenters. The average molecular weight is 288 g/mol. The SMILES string of the molecule is CCNCc1ccc(-c2ccc(C(O)CCF)cc2)cn1. The summed E-state index contributed by atoms with van der Waals surface area (Å²) in [6, 6.07) is 11.6. The van der Waals surface area contributed by atoms with E-state index in [0.717, 1.165) is 35.5 Å². The number of rotatable bonds is 7. The summed E-state index contributed by atoms with van der Waals surface area (Å²) in [7, 11) is 0. The molecule has 3 nitrogen and oxygen atoms in total. The first-order valence-corrected chi connectivity index (χ1v) is 7.24. The molecule has 112 valence electrons. The third-order valence-corrected chi connectivity index (χ3v) is 3.39. The molecule has 1 unspecified atom stereocenters. The molecule has 0 radical (unpaired) electrons. The maximum atomic E-state index is 12.2. The molecule has 0 fully saturated rings. The Balaban J connectivity index is 2.07. The van der Waals surface area contributed by atoms with E-state index in [2.05, 4.69) is 17.2 Å². The van der Waals surface area contributed by atoms with Crippen LogP contribution in [0.15, 0.2) is 42.6 Å². The van der Waals surface area contributed by atoms with Crippen LogP contribution in [0.5, 0.6) is 0 Å². The Morgan fingerprint density at radius 2 is 1.86 bits per heavy atom. The standard InChI is InChI=1S/C17H21FN2O/c1-2-19-12-16-8-7-15(11-20-16)13-3-5-14(6-4-13)17(21)9-10-18/h3-8,11,17,19,21H,2,9-10,12H2,1H3. The van der Waals surface area contributed by atoms with Crippen LogP contribution in [-0.4, -0.2) is 23.3 Å². The van der Waals surface area contributed by atoms with Gasteiger partial charge >= 0.3 is 0 Å². The Morgan fingerprint density at radius 3 is 2.43 bits per heavy atom. The fourth-order valence-electron chi connectivity index (χ4n) is 2.12. The molecule has 4 heteroatoms. The summed E-state index contributed by atoms with van der Waals surface area (Å²) >= 11 is 0. The Hall–Kier alpha value is -1.78. The van der Waals surface area contributed by atoms with E-state index in [-0.39, 0.29) is 6.42 Å². The summed E-state index contributed by atoms with van der Waals surface area (Å²) in [5.41, 5.74) is 3.82. The number of aliphatic hydroxyl groups excluding tert-OH is 1. The van der Waals surface area contributed by atoms with E-state index in [1.165, 1.54) is 0 Å². The Morgan fingerprint density at radius 1 is 1.14 bits per heavy atom. The molecule has 1 heterocycles. The van der Waals surface area contributed by atoms with E-state index >= 15 is 0 Å². The lowest BCUT2D eigenvalue weighted by atomic mass is 10.0. The fraction of sp³-hybridized carbons (Fsp3) is 0.353. The monoisotopic (exact) mass is 288 g/mol. The first kappa shape index (κ1) is 15.6. The normalized spacial score (nSPS) is 12.3. The van der Waals surface area contributed by atoms with Gasteiger partial charge in [-0.3, -0.25) is 9.37 Å². The predicted octanol–water partition coefficient (Wildman–Crippen LogP) is 3.25. The number of nitrogens with one attached hydrogen (secondary N) is 1. The zero-order valence-corrected chi connectivity index (χ0v) is 12.2. The maximum absolute atomic E-state index is 12.2. The lowest BCUT2D eigenvalue weighted by Crippen LogP contribution is -2.12. The number of alkyl halides is 1. The van der Waals surface area contributed by atoms with E-state index in [1.807, 2.05) is 42.6 Å². The molecule has 2 rings (SSSR count). The van der Waals surface area contributed by atoms with Crippen molar-refractivity contribution >= 4 is 0 Å². The van der Waals surface area contributed by atoms with E-state index in [9.17, 15) is 9.50 Å². The first-order chi connectivity index (χ1) is 10.2. The molecule has 0 amide bonds. The lowest BCUT2D eigenvalue weighted by molar-refractivity contribution is 0.156. The zero-order chi connectivity index (χ0) is 15.1.